The van der Waals surface area contributed by atoms with E-state index < -0.39 is 0 Å². The summed E-state index contributed by atoms with van der Waals surface area (Å²) < 4.78 is 0. The van der Waals surface area contributed by atoms with Gasteiger partial charge in [0, 0.05) is 17.3 Å². The van der Waals surface area contributed by atoms with Crippen molar-refractivity contribution in [2.45, 2.75) is 13.0 Å². The quantitative estimate of drug-likeness (QED) is 0.529. The zero-order valence-corrected chi connectivity index (χ0v) is 10.1. The fourth-order valence-electron chi connectivity index (χ4n) is 1.27. The molecule has 0 aromatic heterocycles. The van der Waals surface area contributed by atoms with E-state index in [9.17, 15) is 9.59 Å². The van der Waals surface area contributed by atoms with Crippen molar-refractivity contribution < 1.29 is 14.7 Å². The number of carbonyl (C=O) groups excluding carboxylic acids is 2. The summed E-state index contributed by atoms with van der Waals surface area (Å²) in [7, 11) is 0. The highest BCUT2D eigenvalue weighted by atomic mass is 16.3. The molecule has 0 fully saturated rings. The van der Waals surface area contributed by atoms with Crippen LogP contribution >= 0.6 is 0 Å². The smallest absolute Gasteiger partial charge is 0.251 e. The summed E-state index contributed by atoms with van der Waals surface area (Å²) in [5.41, 5.74) is 6.51. The van der Waals surface area contributed by atoms with Crippen molar-refractivity contribution in [1.82, 2.24) is 10.6 Å². The first-order valence-corrected chi connectivity index (χ1v) is 5.57. The maximum atomic E-state index is 11.6. The number of amides is 2. The lowest BCUT2D eigenvalue weighted by molar-refractivity contribution is -0.121. The van der Waals surface area contributed by atoms with Crippen LogP contribution in [0.1, 0.15) is 17.3 Å². The van der Waals surface area contributed by atoms with E-state index in [1.165, 1.54) is 0 Å². The predicted molar refractivity (Wildman–Crippen MR) is 67.9 cm³/mol. The van der Waals surface area contributed by atoms with Crippen LogP contribution in [0.3, 0.4) is 0 Å². The number of anilines is 1. The molecule has 0 aliphatic carbocycles. The number of hydrogen-bond acceptors (Lipinski definition) is 4. The van der Waals surface area contributed by atoms with Crippen molar-refractivity contribution in [2.75, 3.05) is 18.9 Å². The van der Waals surface area contributed by atoms with Crippen molar-refractivity contribution in [3.8, 4) is 0 Å². The lowest BCUT2D eigenvalue weighted by Crippen LogP contribution is -2.42. The molecule has 1 unspecified atom stereocenters. The normalized spacial score (nSPS) is 11.7. The Morgan fingerprint density at radius 3 is 2.50 bits per heavy atom. The summed E-state index contributed by atoms with van der Waals surface area (Å²) in [6.45, 7) is 1.39. The van der Waals surface area contributed by atoms with Crippen LogP contribution in [0.4, 0.5) is 5.69 Å². The van der Waals surface area contributed by atoms with Crippen LogP contribution < -0.4 is 16.4 Å². The number of hydrogen-bond donors (Lipinski definition) is 4. The van der Waals surface area contributed by atoms with Gasteiger partial charge in [-0.2, -0.15) is 0 Å². The second kappa shape index (κ2) is 6.61. The molecular weight excluding hydrogens is 234 g/mol. The molecule has 0 saturated carbocycles. The first-order valence-electron chi connectivity index (χ1n) is 5.57. The third-order valence-electron chi connectivity index (χ3n) is 2.26. The molecule has 2 amide bonds. The predicted octanol–water partition coefficient (Wildman–Crippen LogP) is -0.504. The maximum absolute atomic E-state index is 11.6. The van der Waals surface area contributed by atoms with Gasteiger partial charge in [0.25, 0.3) is 5.91 Å². The monoisotopic (exact) mass is 251 g/mol. The van der Waals surface area contributed by atoms with E-state index in [4.69, 9.17) is 10.8 Å². The molecule has 5 N–H and O–H groups in total. The molecule has 0 saturated heterocycles. The van der Waals surface area contributed by atoms with Crippen molar-refractivity contribution in [3.05, 3.63) is 29.8 Å². The Bertz CT molecular complexity index is 417. The van der Waals surface area contributed by atoms with E-state index in [1.807, 2.05) is 0 Å². The Hall–Kier alpha value is -2.08. The zero-order valence-electron chi connectivity index (χ0n) is 10.1. The van der Waals surface area contributed by atoms with Gasteiger partial charge >= 0.3 is 0 Å². The fraction of sp³-hybridized carbons (Fsp3) is 0.333. The molecule has 1 aromatic carbocycles. The van der Waals surface area contributed by atoms with E-state index in [0.717, 1.165) is 0 Å². The second-order valence-electron chi connectivity index (χ2n) is 3.96. The summed E-state index contributed by atoms with van der Waals surface area (Å²) in [5, 5.41) is 13.7. The van der Waals surface area contributed by atoms with Crippen molar-refractivity contribution >= 4 is 17.5 Å². The summed E-state index contributed by atoms with van der Waals surface area (Å²) >= 11 is 0. The molecular formula is C12H17N3O3. The van der Waals surface area contributed by atoms with Gasteiger partial charge in [0.1, 0.15) is 0 Å². The number of nitrogen functional groups attached to an aromatic ring is 1. The van der Waals surface area contributed by atoms with Gasteiger partial charge in [-0.1, -0.05) is 0 Å². The number of nitrogens with two attached hydrogens (primary N) is 1. The molecule has 1 rings (SSSR count). The number of aliphatic hydroxyl groups excluding tert-OH is 1. The van der Waals surface area contributed by atoms with Crippen LogP contribution in [0, 0.1) is 0 Å². The number of aliphatic hydroxyl groups is 1. The van der Waals surface area contributed by atoms with Gasteiger partial charge in [-0.05, 0) is 31.2 Å². The maximum Gasteiger partial charge on any atom is 0.251 e. The second-order valence-corrected chi connectivity index (χ2v) is 3.96. The Balaban J connectivity index is 2.41. The third kappa shape index (κ3) is 4.42. The van der Waals surface area contributed by atoms with Gasteiger partial charge in [-0.3, -0.25) is 9.59 Å². The average molecular weight is 251 g/mol. The number of nitrogens with one attached hydrogen (secondary N) is 2. The molecule has 0 spiro atoms. The number of rotatable bonds is 5. The molecule has 0 heterocycles. The lowest BCUT2D eigenvalue weighted by Gasteiger charge is -2.11. The molecule has 0 aliphatic heterocycles. The largest absolute Gasteiger partial charge is 0.399 e. The van der Waals surface area contributed by atoms with E-state index in [0.29, 0.717) is 11.3 Å². The summed E-state index contributed by atoms with van der Waals surface area (Å²) in [4.78, 5) is 23.0. The molecule has 18 heavy (non-hydrogen) atoms. The van der Waals surface area contributed by atoms with E-state index in [1.54, 1.807) is 31.2 Å². The summed E-state index contributed by atoms with van der Waals surface area (Å²) in [5.74, 6) is -0.692. The van der Waals surface area contributed by atoms with Crippen LogP contribution in [-0.2, 0) is 4.79 Å². The Kier molecular flexibility index (Phi) is 5.13. The highest BCUT2D eigenvalue weighted by Crippen LogP contribution is 2.04. The molecule has 0 radical (unpaired) electrons. The van der Waals surface area contributed by atoms with Crippen LogP contribution in [0.25, 0.3) is 0 Å². The van der Waals surface area contributed by atoms with Gasteiger partial charge < -0.3 is 21.5 Å². The van der Waals surface area contributed by atoms with Crippen molar-refractivity contribution in [3.63, 3.8) is 0 Å². The fourth-order valence-corrected chi connectivity index (χ4v) is 1.27. The van der Waals surface area contributed by atoms with Gasteiger partial charge in [-0.15, -0.1) is 0 Å². The zero-order chi connectivity index (χ0) is 13.5. The van der Waals surface area contributed by atoms with Gasteiger partial charge in [0.05, 0.1) is 13.2 Å². The van der Waals surface area contributed by atoms with Gasteiger partial charge in [0.2, 0.25) is 5.91 Å². The minimum atomic E-state index is -0.347. The van der Waals surface area contributed by atoms with Gasteiger partial charge in [-0.25, -0.2) is 0 Å². The van der Waals surface area contributed by atoms with Crippen molar-refractivity contribution in [2.24, 2.45) is 0 Å². The molecule has 6 nitrogen and oxygen atoms in total. The first-order chi connectivity index (χ1) is 8.52. The van der Waals surface area contributed by atoms with Gasteiger partial charge in [0.15, 0.2) is 0 Å². The lowest BCUT2D eigenvalue weighted by atomic mass is 10.2. The summed E-state index contributed by atoms with van der Waals surface area (Å²) in [6.07, 6.45) is 0. The molecule has 0 bridgehead atoms. The minimum absolute atomic E-state index is 0.131. The van der Waals surface area contributed by atoms with Crippen LogP contribution in [0.2, 0.25) is 0 Å². The highest BCUT2D eigenvalue weighted by molar-refractivity contribution is 5.96. The Labute approximate surface area is 105 Å². The van der Waals surface area contributed by atoms with Crippen molar-refractivity contribution in [1.29, 1.82) is 0 Å². The molecule has 98 valence electrons. The molecule has 6 heteroatoms. The highest BCUT2D eigenvalue weighted by Gasteiger charge is 2.09. The molecule has 0 aliphatic rings. The Morgan fingerprint density at radius 2 is 1.94 bits per heavy atom. The van der Waals surface area contributed by atoms with Crippen LogP contribution in [0.5, 0.6) is 0 Å². The van der Waals surface area contributed by atoms with Crippen LogP contribution in [-0.4, -0.2) is 36.1 Å². The van der Waals surface area contributed by atoms with Crippen LogP contribution in [0.15, 0.2) is 24.3 Å². The SMILES string of the molecule is CC(CO)NC(=O)CNC(=O)c1ccc(N)cc1. The molecule has 1 aromatic rings. The molecule has 1 atom stereocenters. The third-order valence-corrected chi connectivity index (χ3v) is 2.26. The minimum Gasteiger partial charge on any atom is -0.399 e. The average Bonchev–Trinajstić information content (AvgIpc) is 2.36. The standard InChI is InChI=1S/C12H17N3O3/c1-8(7-16)15-11(17)6-14-12(18)9-2-4-10(13)5-3-9/h2-5,8,16H,6-7,13H2,1H3,(H,14,18)(H,15,17). The van der Waals surface area contributed by atoms with E-state index in [-0.39, 0.29) is 31.0 Å². The first kappa shape index (κ1) is 14.0. The summed E-state index contributed by atoms with van der Waals surface area (Å²) in [6, 6.07) is 6.06. The van der Waals surface area contributed by atoms with E-state index >= 15 is 0 Å². The number of carbonyl (C=O) groups is 2. The van der Waals surface area contributed by atoms with E-state index in [2.05, 4.69) is 10.6 Å². The number of benzene rings is 1. The Morgan fingerprint density at radius 1 is 1.33 bits per heavy atom. The topological polar surface area (TPSA) is 104 Å².